The molecule has 1 heterocycles. The maximum absolute atomic E-state index is 12.1. The van der Waals surface area contributed by atoms with Gasteiger partial charge < -0.3 is 15.5 Å². The average molecular weight is 253 g/mol. The first kappa shape index (κ1) is 13.3. The lowest BCUT2D eigenvalue weighted by atomic mass is 9.95. The number of nitrogens with one attached hydrogen (secondary N) is 2. The highest BCUT2D eigenvalue weighted by atomic mass is 16.2. The van der Waals surface area contributed by atoms with E-state index in [0.29, 0.717) is 25.7 Å². The van der Waals surface area contributed by atoms with Gasteiger partial charge in [-0.15, -0.1) is 0 Å². The third kappa shape index (κ3) is 3.45. The number of hydrogen-bond donors (Lipinski definition) is 2. The molecule has 0 radical (unpaired) electrons. The first-order chi connectivity index (χ1) is 8.66. The van der Waals surface area contributed by atoms with Crippen LogP contribution < -0.4 is 10.6 Å². The Morgan fingerprint density at radius 3 is 2.61 bits per heavy atom. The summed E-state index contributed by atoms with van der Waals surface area (Å²) in [6.07, 6.45) is 5.89. The normalized spacial score (nSPS) is 25.8. The fourth-order valence-corrected chi connectivity index (χ4v) is 2.76. The Labute approximate surface area is 108 Å². The molecule has 0 aromatic carbocycles. The van der Waals surface area contributed by atoms with Crippen LogP contribution in [0.1, 0.15) is 39.0 Å². The number of hydrogen-bond acceptors (Lipinski definition) is 3. The Bertz CT molecular complexity index is 313. The summed E-state index contributed by atoms with van der Waals surface area (Å²) < 4.78 is 0. The van der Waals surface area contributed by atoms with E-state index in [1.54, 1.807) is 11.8 Å². The maximum atomic E-state index is 12.1. The van der Waals surface area contributed by atoms with Gasteiger partial charge in [-0.25, -0.2) is 0 Å². The van der Waals surface area contributed by atoms with Gasteiger partial charge in [0.15, 0.2) is 0 Å². The number of nitrogens with zero attached hydrogens (tertiary/aromatic N) is 1. The fourth-order valence-electron chi connectivity index (χ4n) is 2.76. The summed E-state index contributed by atoms with van der Waals surface area (Å²) in [4.78, 5) is 25.2. The number of carbonyl (C=O) groups excluding carboxylic acids is 2. The van der Waals surface area contributed by atoms with Gasteiger partial charge in [-0.3, -0.25) is 9.59 Å². The smallest absolute Gasteiger partial charge is 0.239 e. The van der Waals surface area contributed by atoms with Gasteiger partial charge in [0.25, 0.3) is 0 Å². The van der Waals surface area contributed by atoms with Gasteiger partial charge in [-0.1, -0.05) is 19.3 Å². The summed E-state index contributed by atoms with van der Waals surface area (Å²) in [5.74, 6) is 0.0971. The maximum Gasteiger partial charge on any atom is 0.239 e. The lowest BCUT2D eigenvalue weighted by molar-refractivity contribution is -0.132. The molecule has 18 heavy (non-hydrogen) atoms. The molecule has 0 unspecified atom stereocenters. The molecule has 5 nitrogen and oxygen atoms in total. The second-order valence-electron chi connectivity index (χ2n) is 5.32. The number of rotatable bonds is 2. The van der Waals surface area contributed by atoms with Crippen LogP contribution in [0.5, 0.6) is 0 Å². The third-order valence-electron chi connectivity index (χ3n) is 3.89. The van der Waals surface area contributed by atoms with Gasteiger partial charge in [-0.05, 0) is 12.8 Å². The molecule has 1 aliphatic carbocycles. The van der Waals surface area contributed by atoms with Crippen LogP contribution in [0.3, 0.4) is 0 Å². The van der Waals surface area contributed by atoms with E-state index in [9.17, 15) is 9.59 Å². The molecule has 1 saturated carbocycles. The highest BCUT2D eigenvalue weighted by Crippen LogP contribution is 2.17. The van der Waals surface area contributed by atoms with E-state index in [0.717, 1.165) is 12.8 Å². The topological polar surface area (TPSA) is 61.4 Å². The van der Waals surface area contributed by atoms with Crippen molar-refractivity contribution in [1.82, 2.24) is 15.5 Å². The van der Waals surface area contributed by atoms with E-state index >= 15 is 0 Å². The molecule has 1 atom stereocenters. The second-order valence-corrected chi connectivity index (χ2v) is 5.32. The van der Waals surface area contributed by atoms with Gasteiger partial charge in [0, 0.05) is 32.6 Å². The fraction of sp³-hybridized carbons (Fsp3) is 0.846. The molecular weight excluding hydrogens is 230 g/mol. The zero-order valence-electron chi connectivity index (χ0n) is 11.1. The van der Waals surface area contributed by atoms with E-state index < -0.39 is 0 Å². The van der Waals surface area contributed by atoms with Crippen LogP contribution in [0.2, 0.25) is 0 Å². The quantitative estimate of drug-likeness (QED) is 0.742. The molecule has 0 spiro atoms. The molecule has 2 aliphatic rings. The lowest BCUT2D eigenvalue weighted by Crippen LogP contribution is -2.59. The molecule has 1 saturated heterocycles. The molecule has 2 rings (SSSR count). The standard InChI is InChI=1S/C13H23N3O2/c1-10(17)16-8-7-14-12(9-16)13(18)15-11-5-3-2-4-6-11/h11-12,14H,2-9H2,1H3,(H,15,18)/t12-/m0/s1. The molecule has 0 bridgehead atoms. The van der Waals surface area contributed by atoms with Crippen LogP contribution in [0, 0.1) is 0 Å². The first-order valence-electron chi connectivity index (χ1n) is 6.96. The highest BCUT2D eigenvalue weighted by molar-refractivity contribution is 5.83. The molecule has 0 aromatic rings. The van der Waals surface area contributed by atoms with Crippen molar-refractivity contribution >= 4 is 11.8 Å². The van der Waals surface area contributed by atoms with Crippen LogP contribution >= 0.6 is 0 Å². The van der Waals surface area contributed by atoms with Crippen molar-refractivity contribution < 1.29 is 9.59 Å². The minimum atomic E-state index is -0.246. The van der Waals surface area contributed by atoms with E-state index in [2.05, 4.69) is 10.6 Å². The van der Waals surface area contributed by atoms with Gasteiger partial charge >= 0.3 is 0 Å². The highest BCUT2D eigenvalue weighted by Gasteiger charge is 2.28. The summed E-state index contributed by atoms with van der Waals surface area (Å²) in [6, 6.07) is 0.0883. The monoisotopic (exact) mass is 253 g/mol. The molecule has 0 aromatic heterocycles. The predicted octanol–water partition coefficient (Wildman–Crippen LogP) is 0.256. The molecule has 2 fully saturated rings. The van der Waals surface area contributed by atoms with Crippen LogP contribution in [0.4, 0.5) is 0 Å². The predicted molar refractivity (Wildman–Crippen MR) is 69.1 cm³/mol. The van der Waals surface area contributed by atoms with Crippen molar-refractivity contribution in [3.8, 4) is 0 Å². The summed E-state index contributed by atoms with van der Waals surface area (Å²) in [7, 11) is 0. The largest absolute Gasteiger partial charge is 0.352 e. The van der Waals surface area contributed by atoms with Crippen LogP contribution in [0.15, 0.2) is 0 Å². The van der Waals surface area contributed by atoms with Crippen molar-refractivity contribution in [2.24, 2.45) is 0 Å². The zero-order valence-corrected chi connectivity index (χ0v) is 11.1. The van der Waals surface area contributed by atoms with Gasteiger partial charge in [0.1, 0.15) is 6.04 Å². The Balaban J connectivity index is 1.82. The number of amides is 2. The Morgan fingerprint density at radius 2 is 1.94 bits per heavy atom. The van der Waals surface area contributed by atoms with E-state index in [1.165, 1.54) is 19.3 Å². The Kier molecular flexibility index (Phi) is 4.58. The molecule has 1 aliphatic heterocycles. The minimum Gasteiger partial charge on any atom is -0.352 e. The van der Waals surface area contributed by atoms with Crippen molar-refractivity contribution in [2.45, 2.75) is 51.1 Å². The van der Waals surface area contributed by atoms with Gasteiger partial charge in [-0.2, -0.15) is 0 Å². The minimum absolute atomic E-state index is 0.0481. The van der Waals surface area contributed by atoms with E-state index in [4.69, 9.17) is 0 Å². The number of carbonyl (C=O) groups is 2. The van der Waals surface area contributed by atoms with Crippen molar-refractivity contribution in [3.05, 3.63) is 0 Å². The lowest BCUT2D eigenvalue weighted by Gasteiger charge is -2.33. The molecule has 2 amide bonds. The van der Waals surface area contributed by atoms with Crippen LogP contribution in [-0.2, 0) is 9.59 Å². The van der Waals surface area contributed by atoms with Gasteiger partial charge in [0.05, 0.1) is 0 Å². The SMILES string of the molecule is CC(=O)N1CCN[C@H](C(=O)NC2CCCCC2)C1. The second kappa shape index (κ2) is 6.18. The van der Waals surface area contributed by atoms with Crippen LogP contribution in [-0.4, -0.2) is 48.4 Å². The van der Waals surface area contributed by atoms with E-state index in [-0.39, 0.29) is 17.9 Å². The Hall–Kier alpha value is -1.10. The van der Waals surface area contributed by atoms with Crippen LogP contribution in [0.25, 0.3) is 0 Å². The summed E-state index contributed by atoms with van der Waals surface area (Å²) in [6.45, 7) is 3.44. The molecular formula is C13H23N3O2. The summed E-state index contributed by atoms with van der Waals surface area (Å²) in [5, 5.41) is 6.30. The molecule has 2 N–H and O–H groups in total. The van der Waals surface area contributed by atoms with Crippen molar-refractivity contribution in [3.63, 3.8) is 0 Å². The molecule has 102 valence electrons. The zero-order chi connectivity index (χ0) is 13.0. The molecule has 5 heteroatoms. The Morgan fingerprint density at radius 1 is 1.22 bits per heavy atom. The number of piperazine rings is 1. The summed E-state index contributed by atoms with van der Waals surface area (Å²) in [5.41, 5.74) is 0. The average Bonchev–Trinajstić information content (AvgIpc) is 2.40. The third-order valence-corrected chi connectivity index (χ3v) is 3.89. The first-order valence-corrected chi connectivity index (χ1v) is 6.96. The van der Waals surface area contributed by atoms with Crippen molar-refractivity contribution in [2.75, 3.05) is 19.6 Å². The summed E-state index contributed by atoms with van der Waals surface area (Å²) >= 11 is 0. The van der Waals surface area contributed by atoms with Crippen molar-refractivity contribution in [1.29, 1.82) is 0 Å². The van der Waals surface area contributed by atoms with E-state index in [1.807, 2.05) is 0 Å². The van der Waals surface area contributed by atoms with Gasteiger partial charge in [0.2, 0.25) is 11.8 Å².